The van der Waals surface area contributed by atoms with E-state index in [1.54, 1.807) is 12.1 Å². The molecule has 1 N–H and O–H groups in total. The summed E-state index contributed by atoms with van der Waals surface area (Å²) in [6, 6.07) is 5.23. The molecule has 4 heteroatoms. The number of carboxylic acid groups (broad SMARTS) is 1. The molecule has 1 saturated heterocycles. The molecule has 0 atom stereocenters. The van der Waals surface area contributed by atoms with Crippen molar-refractivity contribution in [3.8, 4) is 0 Å². The van der Waals surface area contributed by atoms with Gasteiger partial charge in [0.15, 0.2) is 0 Å². The second-order valence-electron chi connectivity index (χ2n) is 3.91. The van der Waals surface area contributed by atoms with E-state index in [0.29, 0.717) is 18.8 Å². The minimum atomic E-state index is -0.880. The summed E-state index contributed by atoms with van der Waals surface area (Å²) in [7, 11) is 0. The van der Waals surface area contributed by atoms with Gasteiger partial charge >= 0.3 is 5.97 Å². The number of aromatic carboxylic acids is 1. The van der Waals surface area contributed by atoms with Gasteiger partial charge in [-0.05, 0) is 24.6 Å². The molecule has 0 aliphatic carbocycles. The van der Waals surface area contributed by atoms with E-state index in [0.717, 1.165) is 24.3 Å². The average Bonchev–Trinajstić information content (AvgIpc) is 2.30. The van der Waals surface area contributed by atoms with Crippen LogP contribution in [0.3, 0.4) is 0 Å². The number of carboxylic acids is 1. The molecule has 1 aromatic rings. The van der Waals surface area contributed by atoms with Crippen molar-refractivity contribution in [2.45, 2.75) is 6.92 Å². The van der Waals surface area contributed by atoms with E-state index in [2.05, 4.69) is 4.90 Å². The zero-order valence-corrected chi connectivity index (χ0v) is 9.27. The standard InChI is InChI=1S/C12H15NO3/c1-9-2-3-10(12(14)15)8-11(9)13-4-6-16-7-5-13/h2-3,8H,4-7H2,1H3,(H,14,15). The van der Waals surface area contributed by atoms with E-state index in [-0.39, 0.29) is 0 Å². The topological polar surface area (TPSA) is 49.8 Å². The molecule has 1 aromatic carbocycles. The van der Waals surface area contributed by atoms with Gasteiger partial charge in [-0.15, -0.1) is 0 Å². The molecule has 0 bridgehead atoms. The summed E-state index contributed by atoms with van der Waals surface area (Å²) in [5.41, 5.74) is 2.45. The highest BCUT2D eigenvalue weighted by molar-refractivity contribution is 5.89. The molecule has 0 radical (unpaired) electrons. The van der Waals surface area contributed by atoms with Crippen molar-refractivity contribution in [2.24, 2.45) is 0 Å². The summed E-state index contributed by atoms with van der Waals surface area (Å²) in [5.74, 6) is -0.880. The Morgan fingerprint density at radius 3 is 2.69 bits per heavy atom. The fourth-order valence-corrected chi connectivity index (χ4v) is 1.89. The third-order valence-corrected chi connectivity index (χ3v) is 2.81. The maximum absolute atomic E-state index is 10.9. The monoisotopic (exact) mass is 221 g/mol. The van der Waals surface area contributed by atoms with Crippen molar-refractivity contribution in [1.82, 2.24) is 0 Å². The number of morpholine rings is 1. The summed E-state index contributed by atoms with van der Waals surface area (Å²) in [6.45, 7) is 5.05. The summed E-state index contributed by atoms with van der Waals surface area (Å²) in [5, 5.41) is 8.96. The first-order valence-corrected chi connectivity index (χ1v) is 5.35. The lowest BCUT2D eigenvalue weighted by molar-refractivity contribution is 0.0697. The van der Waals surface area contributed by atoms with Crippen LogP contribution in [-0.4, -0.2) is 37.4 Å². The van der Waals surface area contributed by atoms with Gasteiger partial charge in [0.25, 0.3) is 0 Å². The highest BCUT2D eigenvalue weighted by Gasteiger charge is 2.15. The van der Waals surface area contributed by atoms with Gasteiger partial charge < -0.3 is 14.7 Å². The number of rotatable bonds is 2. The van der Waals surface area contributed by atoms with Crippen LogP contribution in [0.5, 0.6) is 0 Å². The number of nitrogens with zero attached hydrogens (tertiary/aromatic N) is 1. The Hall–Kier alpha value is -1.55. The maximum atomic E-state index is 10.9. The number of benzene rings is 1. The Bertz CT molecular complexity index is 397. The molecule has 0 amide bonds. The predicted molar refractivity (Wildman–Crippen MR) is 61.2 cm³/mol. The van der Waals surface area contributed by atoms with Crippen LogP contribution in [0.25, 0.3) is 0 Å². The number of hydrogen-bond donors (Lipinski definition) is 1. The quantitative estimate of drug-likeness (QED) is 0.822. The van der Waals surface area contributed by atoms with E-state index < -0.39 is 5.97 Å². The Morgan fingerprint density at radius 2 is 2.06 bits per heavy atom. The van der Waals surface area contributed by atoms with Crippen LogP contribution in [0, 0.1) is 6.92 Å². The van der Waals surface area contributed by atoms with E-state index in [1.807, 2.05) is 13.0 Å². The fourth-order valence-electron chi connectivity index (χ4n) is 1.89. The largest absolute Gasteiger partial charge is 0.478 e. The van der Waals surface area contributed by atoms with Crippen LogP contribution < -0.4 is 4.90 Å². The van der Waals surface area contributed by atoms with E-state index in [4.69, 9.17) is 9.84 Å². The highest BCUT2D eigenvalue weighted by atomic mass is 16.5. The van der Waals surface area contributed by atoms with Crippen molar-refractivity contribution in [2.75, 3.05) is 31.2 Å². The van der Waals surface area contributed by atoms with Crippen molar-refractivity contribution < 1.29 is 14.6 Å². The first kappa shape index (κ1) is 11.0. The van der Waals surface area contributed by atoms with Crippen molar-refractivity contribution in [1.29, 1.82) is 0 Å². The van der Waals surface area contributed by atoms with Crippen LogP contribution in [0.4, 0.5) is 5.69 Å². The molecule has 16 heavy (non-hydrogen) atoms. The number of carbonyl (C=O) groups is 1. The number of anilines is 1. The van der Waals surface area contributed by atoms with Gasteiger partial charge in [0, 0.05) is 18.8 Å². The molecule has 1 aliphatic heterocycles. The second kappa shape index (κ2) is 4.53. The predicted octanol–water partition coefficient (Wildman–Crippen LogP) is 1.53. The Morgan fingerprint density at radius 1 is 1.38 bits per heavy atom. The third kappa shape index (κ3) is 2.17. The lowest BCUT2D eigenvalue weighted by Gasteiger charge is -2.30. The lowest BCUT2D eigenvalue weighted by Crippen LogP contribution is -2.36. The van der Waals surface area contributed by atoms with Crippen molar-refractivity contribution in [3.05, 3.63) is 29.3 Å². The summed E-state index contributed by atoms with van der Waals surface area (Å²) in [4.78, 5) is 13.1. The number of ether oxygens (including phenoxy) is 1. The van der Waals surface area contributed by atoms with Crippen LogP contribution >= 0.6 is 0 Å². The molecule has 1 fully saturated rings. The van der Waals surface area contributed by atoms with E-state index in [9.17, 15) is 4.79 Å². The molecule has 2 rings (SSSR count). The molecule has 1 aliphatic rings. The normalized spacial score (nSPS) is 16.2. The molecular formula is C12H15NO3. The molecule has 4 nitrogen and oxygen atoms in total. The Labute approximate surface area is 94.4 Å². The zero-order chi connectivity index (χ0) is 11.5. The smallest absolute Gasteiger partial charge is 0.335 e. The second-order valence-corrected chi connectivity index (χ2v) is 3.91. The van der Waals surface area contributed by atoms with Gasteiger partial charge in [-0.2, -0.15) is 0 Å². The molecule has 0 spiro atoms. The van der Waals surface area contributed by atoms with Gasteiger partial charge in [-0.1, -0.05) is 6.07 Å². The van der Waals surface area contributed by atoms with Crippen LogP contribution in [0.15, 0.2) is 18.2 Å². The maximum Gasteiger partial charge on any atom is 0.335 e. The molecule has 86 valence electrons. The van der Waals surface area contributed by atoms with Crippen LogP contribution in [0.1, 0.15) is 15.9 Å². The molecule has 0 unspecified atom stereocenters. The zero-order valence-electron chi connectivity index (χ0n) is 9.27. The minimum Gasteiger partial charge on any atom is -0.478 e. The van der Waals surface area contributed by atoms with Crippen molar-refractivity contribution in [3.63, 3.8) is 0 Å². The van der Waals surface area contributed by atoms with Gasteiger partial charge in [-0.25, -0.2) is 4.79 Å². The fraction of sp³-hybridized carbons (Fsp3) is 0.417. The number of hydrogen-bond acceptors (Lipinski definition) is 3. The number of aryl methyl sites for hydroxylation is 1. The molecule has 1 heterocycles. The molecule has 0 saturated carbocycles. The summed E-state index contributed by atoms with van der Waals surface area (Å²) in [6.07, 6.45) is 0. The average molecular weight is 221 g/mol. The van der Waals surface area contributed by atoms with E-state index >= 15 is 0 Å². The first-order valence-electron chi connectivity index (χ1n) is 5.35. The van der Waals surface area contributed by atoms with Gasteiger partial charge in [0.1, 0.15) is 0 Å². The van der Waals surface area contributed by atoms with Crippen molar-refractivity contribution >= 4 is 11.7 Å². The van der Waals surface area contributed by atoms with Gasteiger partial charge in [0.2, 0.25) is 0 Å². The summed E-state index contributed by atoms with van der Waals surface area (Å²) >= 11 is 0. The molecule has 0 aromatic heterocycles. The highest BCUT2D eigenvalue weighted by Crippen LogP contribution is 2.22. The lowest BCUT2D eigenvalue weighted by atomic mass is 10.1. The molecular weight excluding hydrogens is 206 g/mol. The van der Waals surface area contributed by atoms with Gasteiger partial charge in [0.05, 0.1) is 18.8 Å². The first-order chi connectivity index (χ1) is 7.68. The minimum absolute atomic E-state index is 0.340. The Balaban J connectivity index is 2.30. The summed E-state index contributed by atoms with van der Waals surface area (Å²) < 4.78 is 5.28. The van der Waals surface area contributed by atoms with Gasteiger partial charge in [-0.3, -0.25) is 0 Å². The SMILES string of the molecule is Cc1ccc(C(=O)O)cc1N1CCOCC1. The van der Waals surface area contributed by atoms with E-state index in [1.165, 1.54) is 0 Å². The van der Waals surface area contributed by atoms with Crippen LogP contribution in [0.2, 0.25) is 0 Å². The third-order valence-electron chi connectivity index (χ3n) is 2.81. The Kier molecular flexibility index (Phi) is 3.10. The van der Waals surface area contributed by atoms with Crippen LogP contribution in [-0.2, 0) is 4.74 Å².